The average Bonchev–Trinajstić information content (AvgIpc) is 3.09. The number of nitrogens with zero attached hydrogens (tertiary/aromatic N) is 2. The molecule has 0 saturated heterocycles. The van der Waals surface area contributed by atoms with E-state index in [4.69, 9.17) is 16.0 Å². The minimum atomic E-state index is -0.0614. The third kappa shape index (κ3) is 2.84. The lowest BCUT2D eigenvalue weighted by Gasteiger charge is -2.06. The molecule has 2 aromatic carbocycles. The molecule has 0 spiro atoms. The molecule has 4 rings (SSSR count). The van der Waals surface area contributed by atoms with Crippen LogP contribution in [0.1, 0.15) is 5.56 Å². The Morgan fingerprint density at radius 1 is 1.08 bits per heavy atom. The van der Waals surface area contributed by atoms with Crippen LogP contribution in [-0.2, 0) is 6.54 Å². The topological polar surface area (TPSA) is 48.0 Å². The summed E-state index contributed by atoms with van der Waals surface area (Å²) in [6.45, 7) is 0.661. The van der Waals surface area contributed by atoms with Gasteiger partial charge in [0.25, 0.3) is 0 Å². The van der Waals surface area contributed by atoms with Crippen LogP contribution in [0.2, 0.25) is 5.02 Å². The summed E-state index contributed by atoms with van der Waals surface area (Å²) in [5, 5.41) is 1.22. The molecule has 0 unspecified atom stereocenters. The zero-order chi connectivity index (χ0) is 16.5. The van der Waals surface area contributed by atoms with Gasteiger partial charge in [0.1, 0.15) is 11.3 Å². The van der Waals surface area contributed by atoms with Crippen LogP contribution >= 0.6 is 11.6 Å². The molecule has 0 N–H and O–H groups in total. The second kappa shape index (κ2) is 5.98. The van der Waals surface area contributed by atoms with Gasteiger partial charge in [-0.3, -0.25) is 4.79 Å². The van der Waals surface area contributed by atoms with Gasteiger partial charge < -0.3 is 8.98 Å². The van der Waals surface area contributed by atoms with Crippen molar-refractivity contribution in [3.8, 4) is 11.3 Å². The lowest BCUT2D eigenvalue weighted by atomic mass is 10.1. The lowest BCUT2D eigenvalue weighted by molar-refractivity contribution is 0.618. The van der Waals surface area contributed by atoms with E-state index in [1.165, 1.54) is 6.07 Å². The SMILES string of the molecule is O=c1cc(-c2ccc(Cl)cc2)oc2ccc(Cn3ccnc3)cc12. The molecule has 4 aromatic rings. The summed E-state index contributed by atoms with van der Waals surface area (Å²) in [5.41, 5.74) is 2.35. The van der Waals surface area contributed by atoms with Gasteiger partial charge in [-0.05, 0) is 42.0 Å². The summed E-state index contributed by atoms with van der Waals surface area (Å²) < 4.78 is 7.85. The summed E-state index contributed by atoms with van der Waals surface area (Å²) in [7, 11) is 0. The van der Waals surface area contributed by atoms with E-state index in [0.717, 1.165) is 11.1 Å². The Morgan fingerprint density at radius 2 is 1.92 bits per heavy atom. The first-order valence-electron chi connectivity index (χ1n) is 7.47. The van der Waals surface area contributed by atoms with Gasteiger partial charge in [-0.25, -0.2) is 4.98 Å². The largest absolute Gasteiger partial charge is 0.456 e. The molecule has 2 aromatic heterocycles. The predicted octanol–water partition coefficient (Wildman–Crippen LogP) is 4.36. The standard InChI is InChI=1S/C19H13ClN2O2/c20-15-4-2-14(3-5-15)19-10-17(23)16-9-13(1-6-18(16)24-19)11-22-8-7-21-12-22/h1-10,12H,11H2. The predicted molar refractivity (Wildman–Crippen MR) is 94.3 cm³/mol. The van der Waals surface area contributed by atoms with Gasteiger partial charge in [0, 0.05) is 35.6 Å². The fourth-order valence-electron chi connectivity index (χ4n) is 2.65. The van der Waals surface area contributed by atoms with Gasteiger partial charge in [0.05, 0.1) is 11.7 Å². The number of imidazole rings is 1. The zero-order valence-electron chi connectivity index (χ0n) is 12.6. The molecule has 0 amide bonds. The Bertz CT molecular complexity index is 1050. The van der Waals surface area contributed by atoms with Crippen molar-refractivity contribution in [2.45, 2.75) is 6.54 Å². The summed E-state index contributed by atoms with van der Waals surface area (Å²) >= 11 is 5.90. The van der Waals surface area contributed by atoms with Gasteiger partial charge >= 0.3 is 0 Å². The maximum atomic E-state index is 12.5. The first-order valence-corrected chi connectivity index (χ1v) is 7.85. The first-order chi connectivity index (χ1) is 11.7. The van der Waals surface area contributed by atoms with E-state index in [-0.39, 0.29) is 5.43 Å². The van der Waals surface area contributed by atoms with Gasteiger partial charge in [-0.2, -0.15) is 0 Å². The Morgan fingerprint density at radius 3 is 2.67 bits per heavy atom. The molecule has 0 aliphatic carbocycles. The number of rotatable bonds is 3. The van der Waals surface area contributed by atoms with Crippen LogP contribution in [0.15, 0.2) is 76.5 Å². The molecule has 2 heterocycles. The van der Waals surface area contributed by atoms with E-state index in [2.05, 4.69) is 4.98 Å². The van der Waals surface area contributed by atoms with E-state index in [0.29, 0.717) is 28.3 Å². The van der Waals surface area contributed by atoms with Gasteiger partial charge in [-0.15, -0.1) is 0 Å². The third-order valence-corrected chi connectivity index (χ3v) is 4.10. The van der Waals surface area contributed by atoms with Crippen molar-refractivity contribution in [2.75, 3.05) is 0 Å². The fraction of sp³-hybridized carbons (Fsp3) is 0.0526. The number of hydrogen-bond acceptors (Lipinski definition) is 3. The van der Waals surface area contributed by atoms with Crippen LogP contribution < -0.4 is 5.43 Å². The Balaban J connectivity index is 1.76. The van der Waals surface area contributed by atoms with E-state index >= 15 is 0 Å². The van der Waals surface area contributed by atoms with Crippen LogP contribution in [0.5, 0.6) is 0 Å². The van der Waals surface area contributed by atoms with Crippen molar-refractivity contribution in [1.82, 2.24) is 9.55 Å². The van der Waals surface area contributed by atoms with Crippen LogP contribution in [0, 0.1) is 0 Å². The third-order valence-electron chi connectivity index (χ3n) is 3.84. The lowest BCUT2D eigenvalue weighted by Crippen LogP contribution is -2.03. The smallest absolute Gasteiger partial charge is 0.193 e. The number of benzene rings is 2. The van der Waals surface area contributed by atoms with Crippen molar-refractivity contribution in [3.05, 3.63) is 88.1 Å². The maximum Gasteiger partial charge on any atom is 0.193 e. The van der Waals surface area contributed by atoms with Crippen LogP contribution in [0.25, 0.3) is 22.3 Å². The highest BCUT2D eigenvalue weighted by molar-refractivity contribution is 6.30. The minimum absolute atomic E-state index is 0.0614. The van der Waals surface area contributed by atoms with Gasteiger partial charge in [0.15, 0.2) is 5.43 Å². The molecule has 5 heteroatoms. The summed E-state index contributed by atoms with van der Waals surface area (Å²) in [6.07, 6.45) is 5.36. The number of halogens is 1. The number of hydrogen-bond donors (Lipinski definition) is 0. The fourth-order valence-corrected chi connectivity index (χ4v) is 2.78. The Labute approximate surface area is 143 Å². The molecule has 4 nitrogen and oxygen atoms in total. The molecule has 0 fully saturated rings. The number of aromatic nitrogens is 2. The van der Waals surface area contributed by atoms with Crippen LogP contribution in [0.4, 0.5) is 0 Å². The Hall–Kier alpha value is -2.85. The molecule has 0 radical (unpaired) electrons. The highest BCUT2D eigenvalue weighted by Gasteiger charge is 2.08. The van der Waals surface area contributed by atoms with Crippen molar-refractivity contribution in [1.29, 1.82) is 0 Å². The van der Waals surface area contributed by atoms with Crippen molar-refractivity contribution >= 4 is 22.6 Å². The molecular formula is C19H13ClN2O2. The molecule has 24 heavy (non-hydrogen) atoms. The summed E-state index contributed by atoms with van der Waals surface area (Å²) in [4.78, 5) is 16.5. The van der Waals surface area contributed by atoms with Crippen molar-refractivity contribution < 1.29 is 4.42 Å². The van der Waals surface area contributed by atoms with Gasteiger partial charge in [-0.1, -0.05) is 17.7 Å². The number of fused-ring (bicyclic) bond motifs is 1. The molecule has 0 saturated carbocycles. The first kappa shape index (κ1) is 14.7. The van der Waals surface area contributed by atoms with Crippen molar-refractivity contribution in [2.24, 2.45) is 0 Å². The monoisotopic (exact) mass is 336 g/mol. The molecule has 0 aliphatic heterocycles. The second-order valence-corrected chi connectivity index (χ2v) is 5.98. The summed E-state index contributed by atoms with van der Waals surface area (Å²) in [6, 6.07) is 14.4. The van der Waals surface area contributed by atoms with Crippen LogP contribution in [0.3, 0.4) is 0 Å². The molecule has 0 bridgehead atoms. The molecule has 0 atom stereocenters. The van der Waals surface area contributed by atoms with Crippen LogP contribution in [-0.4, -0.2) is 9.55 Å². The van der Waals surface area contributed by atoms with Crippen molar-refractivity contribution in [3.63, 3.8) is 0 Å². The minimum Gasteiger partial charge on any atom is -0.456 e. The highest BCUT2D eigenvalue weighted by Crippen LogP contribution is 2.24. The molecule has 118 valence electrons. The summed E-state index contributed by atoms with van der Waals surface area (Å²) in [5.74, 6) is 0.534. The normalized spacial score (nSPS) is 11.0. The van der Waals surface area contributed by atoms with E-state index in [1.807, 2.05) is 41.1 Å². The average molecular weight is 337 g/mol. The molecule has 0 aliphatic rings. The highest BCUT2D eigenvalue weighted by atomic mass is 35.5. The Kier molecular flexibility index (Phi) is 3.67. The van der Waals surface area contributed by atoms with E-state index in [9.17, 15) is 4.79 Å². The van der Waals surface area contributed by atoms with Gasteiger partial charge in [0.2, 0.25) is 0 Å². The van der Waals surface area contributed by atoms with E-state index < -0.39 is 0 Å². The zero-order valence-corrected chi connectivity index (χ0v) is 13.4. The maximum absolute atomic E-state index is 12.5. The quantitative estimate of drug-likeness (QED) is 0.558. The van der Waals surface area contributed by atoms with E-state index in [1.54, 1.807) is 24.7 Å². The molecular weight excluding hydrogens is 324 g/mol. The second-order valence-electron chi connectivity index (χ2n) is 5.55.